The fourth-order valence-corrected chi connectivity index (χ4v) is 3.75. The summed E-state index contributed by atoms with van der Waals surface area (Å²) in [7, 11) is -3.74. The molecule has 8 heteroatoms. The molecule has 0 aliphatic heterocycles. The van der Waals surface area contributed by atoms with Crippen LogP contribution in [0, 0.1) is 0 Å². The minimum atomic E-state index is -3.74. The van der Waals surface area contributed by atoms with Crippen LogP contribution in [0.4, 0.5) is 5.69 Å². The summed E-state index contributed by atoms with van der Waals surface area (Å²) >= 11 is 0. The molecule has 0 aliphatic carbocycles. The highest BCUT2D eigenvalue weighted by atomic mass is 32.2. The number of sulfonamides is 1. The first-order valence-corrected chi connectivity index (χ1v) is 10.7. The summed E-state index contributed by atoms with van der Waals surface area (Å²) in [6.07, 6.45) is 0. The van der Waals surface area contributed by atoms with Gasteiger partial charge in [-0.25, -0.2) is 8.42 Å². The summed E-state index contributed by atoms with van der Waals surface area (Å²) in [6.45, 7) is 0.497. The Balaban J connectivity index is 1.54. The number of carbonyl (C=O) groups is 2. The van der Waals surface area contributed by atoms with Gasteiger partial charge in [0.05, 0.1) is 4.90 Å². The topological polar surface area (TPSA) is 104 Å². The van der Waals surface area contributed by atoms with Gasteiger partial charge in [0.1, 0.15) is 0 Å². The maximum Gasteiger partial charge on any atom is 0.261 e. The van der Waals surface area contributed by atoms with Crippen molar-refractivity contribution >= 4 is 27.5 Å². The zero-order chi connectivity index (χ0) is 21.4. The molecular formula is C22H21N3O4S. The van der Waals surface area contributed by atoms with Crippen LogP contribution in [0.25, 0.3) is 0 Å². The van der Waals surface area contributed by atoms with Crippen LogP contribution < -0.4 is 15.4 Å². The molecule has 0 bridgehead atoms. The molecule has 0 fully saturated rings. The first kappa shape index (κ1) is 21.1. The molecule has 0 aromatic heterocycles. The largest absolute Gasteiger partial charge is 0.350 e. The Morgan fingerprint density at radius 3 is 1.83 bits per heavy atom. The monoisotopic (exact) mass is 423 g/mol. The van der Waals surface area contributed by atoms with Gasteiger partial charge in [-0.15, -0.1) is 0 Å². The molecule has 0 saturated heterocycles. The van der Waals surface area contributed by atoms with Crippen LogP contribution in [0.5, 0.6) is 0 Å². The molecule has 3 aromatic carbocycles. The minimum Gasteiger partial charge on any atom is -0.350 e. The number of hydrogen-bond donors (Lipinski definition) is 3. The summed E-state index contributed by atoms with van der Waals surface area (Å²) in [4.78, 5) is 24.4. The molecule has 154 valence electrons. The minimum absolute atomic E-state index is 0.133. The van der Waals surface area contributed by atoms with Crippen LogP contribution in [0.1, 0.15) is 20.7 Å². The van der Waals surface area contributed by atoms with E-state index < -0.39 is 10.0 Å². The Hall–Kier alpha value is -3.65. The second-order valence-corrected chi connectivity index (χ2v) is 8.06. The summed E-state index contributed by atoms with van der Waals surface area (Å²) in [5, 5.41) is 5.42. The normalized spacial score (nSPS) is 10.8. The quantitative estimate of drug-likeness (QED) is 0.485. The number of carbonyl (C=O) groups excluding carboxylic acids is 2. The number of benzene rings is 3. The van der Waals surface area contributed by atoms with E-state index in [-0.39, 0.29) is 35.5 Å². The van der Waals surface area contributed by atoms with Crippen molar-refractivity contribution in [2.24, 2.45) is 0 Å². The Kier molecular flexibility index (Phi) is 6.82. The van der Waals surface area contributed by atoms with Crippen LogP contribution in [-0.4, -0.2) is 33.3 Å². The molecule has 0 spiro atoms. The molecule has 2 amide bonds. The summed E-state index contributed by atoms with van der Waals surface area (Å²) in [5.74, 6) is -0.591. The van der Waals surface area contributed by atoms with Gasteiger partial charge in [-0.1, -0.05) is 42.5 Å². The van der Waals surface area contributed by atoms with E-state index in [4.69, 9.17) is 0 Å². The second kappa shape index (κ2) is 9.71. The van der Waals surface area contributed by atoms with E-state index in [1.165, 1.54) is 18.2 Å². The van der Waals surface area contributed by atoms with E-state index in [1.807, 2.05) is 6.07 Å². The number of nitrogens with one attached hydrogen (secondary N) is 3. The molecular weight excluding hydrogens is 402 g/mol. The van der Waals surface area contributed by atoms with E-state index >= 15 is 0 Å². The Bertz CT molecular complexity index is 1120. The first-order valence-electron chi connectivity index (χ1n) is 9.25. The predicted molar refractivity (Wildman–Crippen MR) is 115 cm³/mol. The fourth-order valence-electron chi connectivity index (χ4n) is 2.68. The SMILES string of the molecule is O=C(NCCNC(=O)c1cccc(NS(=O)(=O)c2ccccc2)c1)c1ccccc1. The highest BCUT2D eigenvalue weighted by molar-refractivity contribution is 7.92. The summed E-state index contributed by atoms with van der Waals surface area (Å²) < 4.78 is 27.3. The van der Waals surface area contributed by atoms with Crippen molar-refractivity contribution in [3.05, 3.63) is 96.1 Å². The number of anilines is 1. The van der Waals surface area contributed by atoms with Gasteiger partial charge < -0.3 is 10.6 Å². The molecule has 0 radical (unpaired) electrons. The van der Waals surface area contributed by atoms with Gasteiger partial charge in [-0.2, -0.15) is 0 Å². The van der Waals surface area contributed by atoms with Gasteiger partial charge in [0.15, 0.2) is 0 Å². The van der Waals surface area contributed by atoms with Gasteiger partial charge in [-0.3, -0.25) is 14.3 Å². The van der Waals surface area contributed by atoms with Crippen molar-refractivity contribution in [2.75, 3.05) is 17.8 Å². The summed E-state index contributed by atoms with van der Waals surface area (Å²) in [5.41, 5.74) is 1.13. The van der Waals surface area contributed by atoms with Gasteiger partial charge >= 0.3 is 0 Å². The van der Waals surface area contributed by atoms with Gasteiger partial charge in [0.25, 0.3) is 21.8 Å². The average Bonchev–Trinajstić information content (AvgIpc) is 2.77. The van der Waals surface area contributed by atoms with Crippen molar-refractivity contribution in [2.45, 2.75) is 4.90 Å². The third-order valence-electron chi connectivity index (χ3n) is 4.16. The second-order valence-electron chi connectivity index (χ2n) is 6.38. The zero-order valence-electron chi connectivity index (χ0n) is 16.0. The molecule has 3 rings (SSSR count). The van der Waals surface area contributed by atoms with E-state index in [2.05, 4.69) is 15.4 Å². The molecule has 0 saturated carbocycles. The standard InChI is InChI=1S/C22H21N3O4S/c26-21(17-8-3-1-4-9-17)23-14-15-24-22(27)18-10-7-11-19(16-18)25-30(28,29)20-12-5-2-6-13-20/h1-13,16,25H,14-15H2,(H,23,26)(H,24,27). The van der Waals surface area contributed by atoms with Crippen LogP contribution in [0.3, 0.4) is 0 Å². The summed E-state index contributed by atoms with van der Waals surface area (Å²) in [6, 6.07) is 23.0. The first-order chi connectivity index (χ1) is 14.5. The third-order valence-corrected chi connectivity index (χ3v) is 5.56. The number of hydrogen-bond acceptors (Lipinski definition) is 4. The lowest BCUT2D eigenvalue weighted by Crippen LogP contribution is -2.34. The molecule has 0 atom stereocenters. The van der Waals surface area contributed by atoms with Crippen molar-refractivity contribution in [1.29, 1.82) is 0 Å². The third kappa shape index (κ3) is 5.68. The van der Waals surface area contributed by atoms with E-state index in [9.17, 15) is 18.0 Å². The maximum absolute atomic E-state index is 12.4. The van der Waals surface area contributed by atoms with Crippen LogP contribution in [0.15, 0.2) is 89.8 Å². The van der Waals surface area contributed by atoms with Crippen LogP contribution in [-0.2, 0) is 10.0 Å². The Labute approximate surface area is 175 Å². The van der Waals surface area contributed by atoms with Crippen molar-refractivity contribution in [3.63, 3.8) is 0 Å². The van der Waals surface area contributed by atoms with Gasteiger partial charge in [0, 0.05) is 29.9 Å². The predicted octanol–water partition coefficient (Wildman–Crippen LogP) is 2.65. The Morgan fingerprint density at radius 1 is 0.667 bits per heavy atom. The van der Waals surface area contributed by atoms with Crippen LogP contribution in [0.2, 0.25) is 0 Å². The number of rotatable bonds is 8. The highest BCUT2D eigenvalue weighted by Gasteiger charge is 2.14. The lowest BCUT2D eigenvalue weighted by atomic mass is 10.2. The number of amides is 2. The van der Waals surface area contributed by atoms with Crippen LogP contribution >= 0.6 is 0 Å². The lowest BCUT2D eigenvalue weighted by molar-refractivity contribution is 0.0927. The fraction of sp³-hybridized carbons (Fsp3) is 0.0909. The molecule has 3 N–H and O–H groups in total. The maximum atomic E-state index is 12.4. The molecule has 3 aromatic rings. The average molecular weight is 423 g/mol. The molecule has 0 unspecified atom stereocenters. The van der Waals surface area contributed by atoms with Crippen molar-refractivity contribution in [1.82, 2.24) is 10.6 Å². The lowest BCUT2D eigenvalue weighted by Gasteiger charge is -2.10. The Morgan fingerprint density at radius 2 is 1.20 bits per heavy atom. The highest BCUT2D eigenvalue weighted by Crippen LogP contribution is 2.17. The van der Waals surface area contributed by atoms with E-state index in [1.54, 1.807) is 60.7 Å². The molecule has 7 nitrogen and oxygen atoms in total. The van der Waals surface area contributed by atoms with E-state index in [0.29, 0.717) is 11.1 Å². The van der Waals surface area contributed by atoms with Gasteiger partial charge in [0.2, 0.25) is 0 Å². The van der Waals surface area contributed by atoms with Crippen molar-refractivity contribution < 1.29 is 18.0 Å². The van der Waals surface area contributed by atoms with Crippen molar-refractivity contribution in [3.8, 4) is 0 Å². The zero-order valence-corrected chi connectivity index (χ0v) is 16.9. The molecule has 0 aliphatic rings. The smallest absolute Gasteiger partial charge is 0.261 e. The van der Waals surface area contributed by atoms with E-state index in [0.717, 1.165) is 0 Å². The molecule has 30 heavy (non-hydrogen) atoms. The molecule has 0 heterocycles. The van der Waals surface area contributed by atoms with Gasteiger partial charge in [-0.05, 0) is 42.5 Å².